The maximum atomic E-state index is 11.2. The van der Waals surface area contributed by atoms with E-state index in [4.69, 9.17) is 11.6 Å². The van der Waals surface area contributed by atoms with Crippen LogP contribution in [0.5, 0.6) is 0 Å². The molecule has 1 N–H and O–H groups in total. The van der Waals surface area contributed by atoms with Crippen molar-refractivity contribution >= 4 is 51.7 Å². The van der Waals surface area contributed by atoms with Crippen molar-refractivity contribution in [3.63, 3.8) is 0 Å². The number of hydrogen-bond acceptors (Lipinski definition) is 5. The predicted octanol–water partition coefficient (Wildman–Crippen LogP) is 5.24. The summed E-state index contributed by atoms with van der Waals surface area (Å²) in [5.74, 6) is 0.861. The van der Waals surface area contributed by atoms with E-state index < -0.39 is 0 Å². The highest BCUT2D eigenvalue weighted by Gasteiger charge is 2.09. The number of carbonyl (C=O) groups is 1. The Morgan fingerprint density at radius 2 is 2.13 bits per heavy atom. The molecule has 0 radical (unpaired) electrons. The molecule has 0 aliphatic rings. The molecule has 7 heteroatoms. The van der Waals surface area contributed by atoms with Crippen molar-refractivity contribution in [1.82, 2.24) is 9.97 Å². The Kier molecular flexibility index (Phi) is 6.50. The lowest BCUT2D eigenvalue weighted by Crippen LogP contribution is -2.02. The summed E-state index contributed by atoms with van der Waals surface area (Å²) < 4.78 is 5.37. The molecule has 4 nitrogen and oxygen atoms in total. The van der Waals surface area contributed by atoms with Gasteiger partial charge in [0.05, 0.1) is 33.1 Å². The number of aromatic nitrogens is 2. The zero-order valence-electron chi connectivity index (χ0n) is 13.1. The standard InChI is InChI=1S/C14H11ClN2O2S2.C2H6/c1-19-13(18)7-20-8-2-3-9-10(6-8)17-14(16-9)11-4-5-12(15)21-11;1-2/h2-6H,7H2,1H3,(H,16,17);1-2H3. The highest BCUT2D eigenvalue weighted by Crippen LogP contribution is 2.31. The molecule has 3 aromatic rings. The van der Waals surface area contributed by atoms with Gasteiger partial charge in [-0.05, 0) is 30.3 Å². The maximum absolute atomic E-state index is 11.2. The Bertz CT molecular complexity index is 798. The summed E-state index contributed by atoms with van der Waals surface area (Å²) in [6.45, 7) is 4.00. The monoisotopic (exact) mass is 368 g/mol. The van der Waals surface area contributed by atoms with Gasteiger partial charge in [-0.2, -0.15) is 0 Å². The fourth-order valence-corrected chi connectivity index (χ4v) is 3.59. The fraction of sp³-hybridized carbons (Fsp3) is 0.250. The molecule has 0 spiro atoms. The Morgan fingerprint density at radius 1 is 1.35 bits per heavy atom. The first-order chi connectivity index (χ1) is 11.2. The largest absolute Gasteiger partial charge is 0.468 e. The van der Waals surface area contributed by atoms with E-state index in [1.165, 1.54) is 30.2 Å². The molecule has 0 fully saturated rings. The Morgan fingerprint density at radius 3 is 2.78 bits per heavy atom. The van der Waals surface area contributed by atoms with Crippen molar-refractivity contribution in [3.8, 4) is 10.7 Å². The molecule has 2 aromatic heterocycles. The summed E-state index contributed by atoms with van der Waals surface area (Å²) in [7, 11) is 1.39. The summed E-state index contributed by atoms with van der Waals surface area (Å²) in [5, 5.41) is 0. The molecule has 2 heterocycles. The van der Waals surface area contributed by atoms with Gasteiger partial charge in [0, 0.05) is 4.90 Å². The molecule has 0 saturated carbocycles. The highest BCUT2D eigenvalue weighted by atomic mass is 35.5. The molecule has 0 amide bonds. The van der Waals surface area contributed by atoms with Crippen LogP contribution in [-0.2, 0) is 9.53 Å². The van der Waals surface area contributed by atoms with E-state index in [0.717, 1.165) is 31.0 Å². The van der Waals surface area contributed by atoms with Gasteiger partial charge in [0.15, 0.2) is 0 Å². The third-order valence-corrected chi connectivity index (χ3v) is 5.05. The van der Waals surface area contributed by atoms with Crippen molar-refractivity contribution in [2.45, 2.75) is 18.7 Å². The molecule has 0 aliphatic heterocycles. The van der Waals surface area contributed by atoms with Crippen LogP contribution < -0.4 is 0 Å². The van der Waals surface area contributed by atoms with E-state index in [9.17, 15) is 4.79 Å². The average molecular weight is 369 g/mol. The Labute approximate surface area is 148 Å². The maximum Gasteiger partial charge on any atom is 0.315 e. The van der Waals surface area contributed by atoms with E-state index in [1.807, 2.05) is 44.2 Å². The number of rotatable bonds is 4. The smallest absolute Gasteiger partial charge is 0.315 e. The molecule has 0 unspecified atom stereocenters. The van der Waals surface area contributed by atoms with E-state index >= 15 is 0 Å². The number of halogens is 1. The summed E-state index contributed by atoms with van der Waals surface area (Å²) in [6, 6.07) is 9.66. The lowest BCUT2D eigenvalue weighted by molar-refractivity contribution is -0.137. The van der Waals surface area contributed by atoms with Crippen LogP contribution in [0.4, 0.5) is 0 Å². The number of esters is 1. The first kappa shape index (κ1) is 17.8. The molecule has 0 aliphatic carbocycles. The SMILES string of the molecule is CC.COC(=O)CSc1ccc2nc(-c3ccc(Cl)s3)[nH]c2c1. The molecular weight excluding hydrogens is 352 g/mol. The number of thioether (sulfide) groups is 1. The van der Waals surface area contributed by atoms with E-state index in [0.29, 0.717) is 5.75 Å². The van der Waals surface area contributed by atoms with Crippen LogP contribution in [0.25, 0.3) is 21.7 Å². The Hall–Kier alpha value is -1.50. The molecule has 0 atom stereocenters. The van der Waals surface area contributed by atoms with Crippen LogP contribution >= 0.6 is 34.7 Å². The molecule has 0 saturated heterocycles. The van der Waals surface area contributed by atoms with Gasteiger partial charge in [-0.1, -0.05) is 25.4 Å². The summed E-state index contributed by atoms with van der Waals surface area (Å²) in [6.07, 6.45) is 0. The van der Waals surface area contributed by atoms with Crippen LogP contribution in [0.15, 0.2) is 35.2 Å². The summed E-state index contributed by atoms with van der Waals surface area (Å²) in [5.41, 5.74) is 1.82. The number of benzene rings is 1. The van der Waals surface area contributed by atoms with Gasteiger partial charge in [0.25, 0.3) is 0 Å². The number of hydrogen-bond donors (Lipinski definition) is 1. The second-order valence-electron chi connectivity index (χ2n) is 4.23. The number of thiophene rings is 1. The van der Waals surface area contributed by atoms with Gasteiger partial charge in [-0.25, -0.2) is 4.98 Å². The van der Waals surface area contributed by atoms with Crippen LogP contribution in [-0.4, -0.2) is 28.8 Å². The van der Waals surface area contributed by atoms with Crippen molar-refractivity contribution in [2.24, 2.45) is 0 Å². The van der Waals surface area contributed by atoms with Crippen molar-refractivity contribution in [1.29, 1.82) is 0 Å². The molecular formula is C16H17ClN2O2S2. The van der Waals surface area contributed by atoms with Crippen molar-refractivity contribution < 1.29 is 9.53 Å². The quantitative estimate of drug-likeness (QED) is 0.505. The first-order valence-corrected chi connectivity index (χ1v) is 9.29. The number of aromatic amines is 1. The van der Waals surface area contributed by atoms with Crippen molar-refractivity contribution in [3.05, 3.63) is 34.7 Å². The van der Waals surface area contributed by atoms with E-state index in [-0.39, 0.29) is 5.97 Å². The minimum atomic E-state index is -0.237. The Balaban J connectivity index is 0.000000924. The summed E-state index contributed by atoms with van der Waals surface area (Å²) >= 11 is 8.87. The fourth-order valence-electron chi connectivity index (χ4n) is 1.84. The number of carbonyl (C=O) groups excluding carboxylic acids is 1. The number of imidazole rings is 1. The zero-order valence-corrected chi connectivity index (χ0v) is 15.4. The molecule has 1 aromatic carbocycles. The van der Waals surface area contributed by atoms with Gasteiger partial charge < -0.3 is 9.72 Å². The van der Waals surface area contributed by atoms with Crippen LogP contribution in [0.1, 0.15) is 13.8 Å². The topological polar surface area (TPSA) is 55.0 Å². The number of fused-ring (bicyclic) bond motifs is 1. The second-order valence-corrected chi connectivity index (χ2v) is 7.00. The molecule has 3 rings (SSSR count). The van der Waals surface area contributed by atoms with Gasteiger partial charge >= 0.3 is 5.97 Å². The number of nitrogens with zero attached hydrogens (tertiary/aromatic N) is 1. The van der Waals surface area contributed by atoms with Gasteiger partial charge in [-0.3, -0.25) is 4.79 Å². The number of ether oxygens (including phenoxy) is 1. The van der Waals surface area contributed by atoms with Crippen LogP contribution in [0, 0.1) is 0 Å². The average Bonchev–Trinajstić information content (AvgIpc) is 3.19. The normalized spacial score (nSPS) is 10.3. The number of nitrogens with one attached hydrogen (secondary N) is 1. The van der Waals surface area contributed by atoms with Gasteiger partial charge in [0.1, 0.15) is 5.82 Å². The molecule has 23 heavy (non-hydrogen) atoms. The number of methoxy groups -OCH3 is 1. The summed E-state index contributed by atoms with van der Waals surface area (Å²) in [4.78, 5) is 21.0. The second kappa shape index (κ2) is 8.38. The van der Waals surface area contributed by atoms with Crippen LogP contribution in [0.3, 0.4) is 0 Å². The van der Waals surface area contributed by atoms with Gasteiger partial charge in [-0.15, -0.1) is 23.1 Å². The van der Waals surface area contributed by atoms with Crippen LogP contribution in [0.2, 0.25) is 4.34 Å². The highest BCUT2D eigenvalue weighted by molar-refractivity contribution is 8.00. The number of H-pyrrole nitrogens is 1. The lowest BCUT2D eigenvalue weighted by atomic mass is 10.3. The molecule has 122 valence electrons. The van der Waals surface area contributed by atoms with Crippen molar-refractivity contribution in [2.75, 3.05) is 12.9 Å². The van der Waals surface area contributed by atoms with Gasteiger partial charge in [0.2, 0.25) is 0 Å². The zero-order chi connectivity index (χ0) is 16.8. The predicted molar refractivity (Wildman–Crippen MR) is 98.5 cm³/mol. The van der Waals surface area contributed by atoms with E-state index in [2.05, 4.69) is 14.7 Å². The lowest BCUT2D eigenvalue weighted by Gasteiger charge is -2.00. The third kappa shape index (κ3) is 4.50. The first-order valence-electron chi connectivity index (χ1n) is 7.11. The van der Waals surface area contributed by atoms with E-state index in [1.54, 1.807) is 0 Å². The molecule has 0 bridgehead atoms. The third-order valence-electron chi connectivity index (χ3n) is 2.84. The minimum Gasteiger partial charge on any atom is -0.468 e. The minimum absolute atomic E-state index is 0.237.